The molecule has 0 bridgehead atoms. The van der Waals surface area contributed by atoms with Gasteiger partial charge in [0.1, 0.15) is 0 Å². The average Bonchev–Trinajstić information content (AvgIpc) is 2.29. The van der Waals surface area contributed by atoms with E-state index in [0.29, 0.717) is 19.7 Å². The average molecular weight is 263 g/mol. The van der Waals surface area contributed by atoms with Gasteiger partial charge in [0.25, 0.3) is 0 Å². The number of hydrogen-bond acceptors (Lipinski definition) is 5. The summed E-state index contributed by atoms with van der Waals surface area (Å²) < 4.78 is 4.87. The van der Waals surface area contributed by atoms with Crippen molar-refractivity contribution in [3.05, 3.63) is 0 Å². The first-order chi connectivity index (χ1) is 8.13. The first-order valence-corrected chi connectivity index (χ1v) is 7.67. The smallest absolute Gasteiger partial charge is 0.0900 e. The van der Waals surface area contributed by atoms with Crippen LogP contribution in [0.4, 0.5) is 0 Å². The van der Waals surface area contributed by atoms with E-state index in [2.05, 4.69) is 6.55 Å². The largest absolute Gasteiger partial charge is 0.394 e. The Balaban J connectivity index is 3.99. The zero-order valence-electron chi connectivity index (χ0n) is 10.8. The SMILES string of the molecule is COCC(O)CN(CCC[Si]C)CC(O)CO. The first-order valence-electron chi connectivity index (χ1n) is 5.96. The fourth-order valence-electron chi connectivity index (χ4n) is 1.64. The van der Waals surface area contributed by atoms with E-state index >= 15 is 0 Å². The van der Waals surface area contributed by atoms with Gasteiger partial charge in [-0.05, 0) is 13.0 Å². The molecule has 3 N–H and O–H groups in total. The lowest BCUT2D eigenvalue weighted by molar-refractivity contribution is 0.0136. The molecule has 0 aliphatic heterocycles. The van der Waals surface area contributed by atoms with Gasteiger partial charge < -0.3 is 20.1 Å². The normalized spacial score (nSPS) is 15.2. The summed E-state index contributed by atoms with van der Waals surface area (Å²) in [6.07, 6.45) is -0.240. The Hall–Kier alpha value is 0.0169. The van der Waals surface area contributed by atoms with E-state index in [1.165, 1.54) is 0 Å². The third kappa shape index (κ3) is 9.69. The fourth-order valence-corrected chi connectivity index (χ4v) is 2.15. The maximum Gasteiger partial charge on any atom is 0.0900 e. The van der Waals surface area contributed by atoms with Crippen LogP contribution in [0.1, 0.15) is 6.42 Å². The molecule has 0 aliphatic rings. The highest BCUT2D eigenvalue weighted by molar-refractivity contribution is 6.33. The van der Waals surface area contributed by atoms with Crippen LogP contribution in [0.15, 0.2) is 0 Å². The van der Waals surface area contributed by atoms with Crippen molar-refractivity contribution in [2.75, 3.05) is 40.0 Å². The minimum absolute atomic E-state index is 0.244. The van der Waals surface area contributed by atoms with Gasteiger partial charge in [-0.15, -0.1) is 0 Å². The van der Waals surface area contributed by atoms with Crippen LogP contribution in [0.25, 0.3) is 0 Å². The molecule has 0 aliphatic carbocycles. The topological polar surface area (TPSA) is 73.2 Å². The summed E-state index contributed by atoms with van der Waals surface area (Å²) >= 11 is 0. The van der Waals surface area contributed by atoms with E-state index in [4.69, 9.17) is 9.84 Å². The predicted molar refractivity (Wildman–Crippen MR) is 68.5 cm³/mol. The van der Waals surface area contributed by atoms with Crippen molar-refractivity contribution in [3.8, 4) is 0 Å². The van der Waals surface area contributed by atoms with E-state index in [1.54, 1.807) is 7.11 Å². The van der Waals surface area contributed by atoms with Crippen LogP contribution < -0.4 is 0 Å². The molecule has 0 aromatic heterocycles. The molecule has 0 fully saturated rings. The number of aliphatic hydroxyl groups is 3. The summed E-state index contributed by atoms with van der Waals surface area (Å²) in [4.78, 5) is 1.98. The van der Waals surface area contributed by atoms with Gasteiger partial charge in [-0.25, -0.2) is 0 Å². The predicted octanol–water partition coefficient (Wildman–Crippen LogP) is -0.790. The number of rotatable bonds is 11. The van der Waals surface area contributed by atoms with Crippen LogP contribution in [0, 0.1) is 0 Å². The lowest BCUT2D eigenvalue weighted by Crippen LogP contribution is -2.41. The van der Waals surface area contributed by atoms with E-state index in [0.717, 1.165) is 28.5 Å². The molecule has 2 unspecified atom stereocenters. The zero-order chi connectivity index (χ0) is 13.1. The van der Waals surface area contributed by atoms with Gasteiger partial charge in [0.2, 0.25) is 0 Å². The molecular weight excluding hydrogens is 238 g/mol. The number of methoxy groups -OCH3 is 1. The minimum Gasteiger partial charge on any atom is -0.394 e. The molecule has 102 valence electrons. The molecule has 2 atom stereocenters. The Morgan fingerprint density at radius 3 is 2.41 bits per heavy atom. The Morgan fingerprint density at radius 2 is 1.88 bits per heavy atom. The summed E-state index contributed by atoms with van der Waals surface area (Å²) in [5.41, 5.74) is 0. The van der Waals surface area contributed by atoms with Crippen LogP contribution in [-0.2, 0) is 4.74 Å². The first kappa shape index (κ1) is 17.0. The second-order valence-electron chi connectivity index (χ2n) is 4.16. The summed E-state index contributed by atoms with van der Waals surface area (Å²) in [5, 5.41) is 27.9. The third-order valence-electron chi connectivity index (χ3n) is 2.41. The Morgan fingerprint density at radius 1 is 1.24 bits per heavy atom. The van der Waals surface area contributed by atoms with Gasteiger partial charge in [0, 0.05) is 29.7 Å². The van der Waals surface area contributed by atoms with Gasteiger partial charge in [-0.3, -0.25) is 4.90 Å². The standard InChI is InChI=1S/C11H25NO4Si/c1-16-9-11(15)7-12(4-3-5-17-2)6-10(14)8-13/h10-11,13-15H,3-9H2,1-2H3. The molecule has 17 heavy (non-hydrogen) atoms. The van der Waals surface area contributed by atoms with Gasteiger partial charge in [-0.1, -0.05) is 12.6 Å². The van der Waals surface area contributed by atoms with Crippen LogP contribution >= 0.6 is 0 Å². The third-order valence-corrected chi connectivity index (χ3v) is 3.26. The highest BCUT2D eigenvalue weighted by Gasteiger charge is 2.14. The van der Waals surface area contributed by atoms with E-state index in [-0.39, 0.29) is 6.61 Å². The van der Waals surface area contributed by atoms with Crippen molar-refractivity contribution in [1.82, 2.24) is 4.90 Å². The van der Waals surface area contributed by atoms with Crippen molar-refractivity contribution in [3.63, 3.8) is 0 Å². The number of hydrogen-bond donors (Lipinski definition) is 3. The molecule has 2 radical (unpaired) electrons. The summed E-state index contributed by atoms with van der Waals surface area (Å²) in [5.74, 6) is 0. The van der Waals surface area contributed by atoms with Crippen molar-refractivity contribution in [2.24, 2.45) is 0 Å². The van der Waals surface area contributed by atoms with Gasteiger partial charge in [0.05, 0.1) is 25.4 Å². The monoisotopic (exact) mass is 263 g/mol. The van der Waals surface area contributed by atoms with Crippen molar-refractivity contribution < 1.29 is 20.1 Å². The fraction of sp³-hybridized carbons (Fsp3) is 1.00. The molecule has 0 heterocycles. The number of ether oxygens (including phenoxy) is 1. The molecule has 0 aromatic carbocycles. The lowest BCUT2D eigenvalue weighted by Gasteiger charge is -2.26. The molecule has 0 amide bonds. The van der Waals surface area contributed by atoms with Crippen LogP contribution in [0.2, 0.25) is 12.6 Å². The summed E-state index contributed by atoms with van der Waals surface area (Å²) in [6, 6.07) is 1.16. The van der Waals surface area contributed by atoms with Gasteiger partial charge in [-0.2, -0.15) is 0 Å². The van der Waals surface area contributed by atoms with Gasteiger partial charge in [0.15, 0.2) is 0 Å². The van der Waals surface area contributed by atoms with Gasteiger partial charge >= 0.3 is 0 Å². The number of aliphatic hydroxyl groups excluding tert-OH is 3. The van der Waals surface area contributed by atoms with Crippen LogP contribution in [0.5, 0.6) is 0 Å². The van der Waals surface area contributed by atoms with Crippen molar-refractivity contribution >= 4 is 9.52 Å². The molecule has 0 rings (SSSR count). The van der Waals surface area contributed by atoms with E-state index in [1.807, 2.05) is 4.90 Å². The molecule has 0 saturated carbocycles. The summed E-state index contributed by atoms with van der Waals surface area (Å²) in [6.45, 7) is 3.90. The van der Waals surface area contributed by atoms with E-state index < -0.39 is 12.2 Å². The van der Waals surface area contributed by atoms with Crippen LogP contribution in [-0.4, -0.2) is 81.9 Å². The highest BCUT2D eigenvalue weighted by Crippen LogP contribution is 2.00. The molecule has 0 saturated heterocycles. The van der Waals surface area contributed by atoms with Crippen molar-refractivity contribution in [2.45, 2.75) is 31.2 Å². The number of nitrogens with zero attached hydrogens (tertiary/aromatic N) is 1. The zero-order valence-corrected chi connectivity index (χ0v) is 11.8. The Labute approximate surface area is 106 Å². The van der Waals surface area contributed by atoms with Crippen molar-refractivity contribution in [1.29, 1.82) is 0 Å². The van der Waals surface area contributed by atoms with E-state index in [9.17, 15) is 10.2 Å². The molecule has 6 heteroatoms. The minimum atomic E-state index is -0.742. The van der Waals surface area contributed by atoms with Crippen LogP contribution in [0.3, 0.4) is 0 Å². The highest BCUT2D eigenvalue weighted by atomic mass is 28.2. The molecule has 5 nitrogen and oxygen atoms in total. The maximum absolute atomic E-state index is 9.65. The molecule has 0 aromatic rings. The Bertz CT molecular complexity index is 174. The second-order valence-corrected chi connectivity index (χ2v) is 5.37. The Kier molecular flexibility index (Phi) is 11.1. The molecule has 0 spiro atoms. The molecular formula is C11H25NO4Si. The summed E-state index contributed by atoms with van der Waals surface area (Å²) in [7, 11) is 2.47. The maximum atomic E-state index is 9.65. The lowest BCUT2D eigenvalue weighted by atomic mass is 10.2. The quantitative estimate of drug-likeness (QED) is 0.336. The second kappa shape index (κ2) is 11.1.